The molecule has 7 nitrogen and oxygen atoms in total. The van der Waals surface area contributed by atoms with Crippen molar-refractivity contribution in [1.29, 1.82) is 0 Å². The molecule has 3 saturated heterocycles. The predicted octanol–water partition coefficient (Wildman–Crippen LogP) is 7.93. The highest BCUT2D eigenvalue weighted by molar-refractivity contribution is 7.50. The smallest absolute Gasteiger partial charge is 0.483 e. The van der Waals surface area contributed by atoms with Crippen molar-refractivity contribution in [2.75, 3.05) is 0 Å². The quantitative estimate of drug-likeness (QED) is 0.261. The number of aliphatic hydroxyl groups is 1. The molecule has 0 aromatic heterocycles. The van der Waals surface area contributed by atoms with Crippen molar-refractivity contribution in [2.24, 2.45) is 17.8 Å². The summed E-state index contributed by atoms with van der Waals surface area (Å²) in [7, 11) is -3.88. The summed E-state index contributed by atoms with van der Waals surface area (Å²) in [5.74, 6) is -1.18. The minimum Gasteiger partial charge on any atom is -0.507 e. The van der Waals surface area contributed by atoms with Gasteiger partial charge in [0.15, 0.2) is 5.60 Å². The summed E-state index contributed by atoms with van der Waals surface area (Å²) in [6.45, 7) is 16.4. The molecule has 4 aliphatic rings. The zero-order valence-corrected chi connectivity index (χ0v) is 24.9. The second kappa shape index (κ2) is 10.1. The number of benzene rings is 1. The molecular formula is C29H47O7P. The van der Waals surface area contributed by atoms with Gasteiger partial charge in [-0.05, 0) is 69.4 Å². The topological polar surface area (TPSA) is 94.5 Å². The van der Waals surface area contributed by atoms with Crippen LogP contribution in [0.2, 0.25) is 0 Å². The van der Waals surface area contributed by atoms with Crippen molar-refractivity contribution < 1.29 is 33.1 Å². The zero-order valence-electron chi connectivity index (χ0n) is 24.0. The van der Waals surface area contributed by atoms with Gasteiger partial charge in [-0.15, -0.1) is 0 Å². The minimum absolute atomic E-state index is 0.0732. The number of phenols is 1. The van der Waals surface area contributed by atoms with E-state index in [1.807, 2.05) is 13.8 Å². The molecule has 0 radical (unpaired) electrons. The summed E-state index contributed by atoms with van der Waals surface area (Å²) in [4.78, 5) is 0. The van der Waals surface area contributed by atoms with Crippen LogP contribution in [0.4, 0.5) is 0 Å². The number of phosphoric ester groups is 1. The number of fused-ring (bicyclic) bond motifs is 1. The molecule has 2 N–H and O–H groups in total. The fourth-order valence-corrected chi connectivity index (χ4v) is 8.10. The molecule has 37 heavy (non-hydrogen) atoms. The van der Waals surface area contributed by atoms with E-state index >= 15 is 0 Å². The Hall–Kier alpha value is -1.11. The van der Waals surface area contributed by atoms with Gasteiger partial charge >= 0.3 is 7.82 Å². The lowest BCUT2D eigenvalue weighted by atomic mass is 9.75. The maximum atomic E-state index is 12.8. The third kappa shape index (κ3) is 4.78. The second-order valence-corrected chi connectivity index (χ2v) is 14.0. The first-order valence-electron chi connectivity index (χ1n) is 14.2. The van der Waals surface area contributed by atoms with Crippen molar-refractivity contribution in [1.82, 2.24) is 0 Å². The van der Waals surface area contributed by atoms with E-state index in [2.05, 4.69) is 27.7 Å². The van der Waals surface area contributed by atoms with Crippen molar-refractivity contribution in [3.63, 3.8) is 0 Å². The van der Waals surface area contributed by atoms with Crippen LogP contribution >= 0.6 is 7.82 Å². The van der Waals surface area contributed by atoms with Crippen molar-refractivity contribution >= 4 is 7.82 Å². The molecule has 5 rings (SSSR count). The van der Waals surface area contributed by atoms with Gasteiger partial charge in [-0.3, -0.25) is 0 Å². The first-order valence-corrected chi connectivity index (χ1v) is 15.6. The van der Waals surface area contributed by atoms with Gasteiger partial charge in [0.2, 0.25) is 0 Å². The van der Waals surface area contributed by atoms with Crippen LogP contribution in [0.3, 0.4) is 0 Å². The number of aromatic hydroxyl groups is 1. The maximum absolute atomic E-state index is 12.8. The molecule has 4 heterocycles. The third-order valence-electron chi connectivity index (χ3n) is 8.98. The maximum Gasteiger partial charge on any atom is 0.483 e. The molecule has 0 saturated carbocycles. The highest BCUT2D eigenvalue weighted by atomic mass is 31.2. The molecular weight excluding hydrogens is 491 g/mol. The van der Waals surface area contributed by atoms with Crippen LogP contribution in [0.5, 0.6) is 11.5 Å². The van der Waals surface area contributed by atoms with Gasteiger partial charge in [-0.25, -0.2) is 18.1 Å². The number of hydrogen-bond acceptors (Lipinski definition) is 7. The molecule has 1 aromatic carbocycles. The van der Waals surface area contributed by atoms with Gasteiger partial charge in [-0.2, -0.15) is 0 Å². The number of ether oxygens (including phenoxy) is 1. The first-order chi connectivity index (χ1) is 17.2. The Balaban J connectivity index is 1.41. The molecule has 1 unspecified atom stereocenters. The van der Waals surface area contributed by atoms with E-state index < -0.39 is 25.0 Å². The molecule has 210 valence electrons. The molecule has 1 aromatic rings. The van der Waals surface area contributed by atoms with Gasteiger partial charge in [0.1, 0.15) is 11.5 Å². The monoisotopic (exact) mass is 538 g/mol. The molecule has 0 aliphatic carbocycles. The van der Waals surface area contributed by atoms with Crippen molar-refractivity contribution in [3.8, 4) is 11.5 Å². The minimum atomic E-state index is -3.88. The Morgan fingerprint density at radius 1 is 0.811 bits per heavy atom. The van der Waals surface area contributed by atoms with Gasteiger partial charge < -0.3 is 14.9 Å². The van der Waals surface area contributed by atoms with E-state index in [-0.39, 0.29) is 5.75 Å². The number of hydrogen-bond donors (Lipinski definition) is 2. The summed E-state index contributed by atoms with van der Waals surface area (Å²) in [6, 6.07) is 0. The molecule has 1 spiro atoms. The summed E-state index contributed by atoms with van der Waals surface area (Å²) < 4.78 is 36.3. The lowest BCUT2D eigenvalue weighted by molar-refractivity contribution is -0.356. The summed E-state index contributed by atoms with van der Waals surface area (Å²) >= 11 is 0. The Morgan fingerprint density at radius 2 is 1.35 bits per heavy atom. The average Bonchev–Trinajstić information content (AvgIpc) is 3.18. The zero-order chi connectivity index (χ0) is 27.4. The van der Waals surface area contributed by atoms with Crippen LogP contribution in [-0.4, -0.2) is 21.6 Å². The average molecular weight is 539 g/mol. The first kappa shape index (κ1) is 28.9. The summed E-state index contributed by atoms with van der Waals surface area (Å²) in [5.41, 5.74) is 0.996. The van der Waals surface area contributed by atoms with Crippen LogP contribution in [-0.2, 0) is 23.9 Å². The molecule has 0 amide bonds. The number of phenolic OH excluding ortho intramolecular Hbond substituents is 1. The molecule has 4 atom stereocenters. The summed E-state index contributed by atoms with van der Waals surface area (Å²) in [5, 5.41) is 22.5. The third-order valence-corrected chi connectivity index (χ3v) is 10.4. The van der Waals surface area contributed by atoms with E-state index in [1.165, 1.54) is 38.5 Å². The Bertz CT molecular complexity index is 1060. The normalized spacial score (nSPS) is 33.5. The van der Waals surface area contributed by atoms with Gasteiger partial charge in [-0.1, -0.05) is 72.6 Å². The Labute approximate surface area is 222 Å². The largest absolute Gasteiger partial charge is 0.507 e. The lowest BCUT2D eigenvalue weighted by Crippen LogP contribution is -2.68. The van der Waals surface area contributed by atoms with Crippen LogP contribution in [0.15, 0.2) is 0 Å². The van der Waals surface area contributed by atoms with E-state index in [0.717, 1.165) is 30.2 Å². The summed E-state index contributed by atoms with van der Waals surface area (Å²) in [6.07, 6.45) is 9.90. The fraction of sp³-hybridized carbons (Fsp3) is 0.793. The number of phosphoric acid groups is 1. The van der Waals surface area contributed by atoms with Crippen molar-refractivity contribution in [3.05, 3.63) is 22.3 Å². The SMILES string of the molecule is Cc1c(C)c2c(c(C)c1O)C13OP(=O)(O1)OC3(O)[C@](C)(CCC[C@H](C)CCC[C@@H](C)CCCC(C)C)O2. The highest BCUT2D eigenvalue weighted by Gasteiger charge is 2.87. The molecule has 3 fully saturated rings. The van der Waals surface area contributed by atoms with Gasteiger partial charge in [0.25, 0.3) is 11.6 Å². The molecule has 4 aliphatic heterocycles. The van der Waals surface area contributed by atoms with Crippen LogP contribution < -0.4 is 4.74 Å². The lowest BCUT2D eigenvalue weighted by Gasteiger charge is -2.52. The molecule has 2 bridgehead atoms. The van der Waals surface area contributed by atoms with E-state index in [4.69, 9.17) is 18.3 Å². The Morgan fingerprint density at radius 3 is 1.92 bits per heavy atom. The fourth-order valence-electron chi connectivity index (χ4n) is 6.32. The van der Waals surface area contributed by atoms with E-state index in [9.17, 15) is 14.8 Å². The molecule has 8 heteroatoms. The van der Waals surface area contributed by atoms with Gasteiger partial charge in [0.05, 0.1) is 5.56 Å². The van der Waals surface area contributed by atoms with Crippen LogP contribution in [0, 0.1) is 38.5 Å². The predicted molar refractivity (Wildman–Crippen MR) is 144 cm³/mol. The van der Waals surface area contributed by atoms with Gasteiger partial charge in [0, 0.05) is 5.56 Å². The van der Waals surface area contributed by atoms with E-state index in [1.54, 1.807) is 13.8 Å². The van der Waals surface area contributed by atoms with E-state index in [0.29, 0.717) is 34.8 Å². The second-order valence-electron chi connectivity index (χ2n) is 12.6. The van der Waals surface area contributed by atoms with Crippen molar-refractivity contribution in [2.45, 2.75) is 130 Å². The van der Waals surface area contributed by atoms with Crippen LogP contribution in [0.1, 0.15) is 115 Å². The highest BCUT2D eigenvalue weighted by Crippen LogP contribution is 2.84. The Kier molecular flexibility index (Phi) is 7.91. The van der Waals surface area contributed by atoms with Crippen LogP contribution in [0.25, 0.3) is 0 Å². The standard InChI is InChI=1S/C29H47O7P/c1-18(2)12-9-13-19(3)14-10-15-20(4)16-11-17-27(8)29(31)28(34-37(32,35-28)36-29)24-23(7)25(30)21(5)22(6)26(24)33-27/h18-20,30-31H,9-17H2,1-8H3/t19-,20+,27-,28?,29?,37?/m0/s1. The number of rotatable bonds is 12.